The van der Waals surface area contributed by atoms with Gasteiger partial charge in [0.2, 0.25) is 5.75 Å². The van der Waals surface area contributed by atoms with Gasteiger partial charge in [-0.05, 0) is 69.7 Å². The van der Waals surface area contributed by atoms with Crippen molar-refractivity contribution in [3.05, 3.63) is 70.7 Å². The molecule has 200 valence electrons. The summed E-state index contributed by atoms with van der Waals surface area (Å²) in [5.41, 5.74) is 2.18. The number of nitrogens with one attached hydrogen (secondary N) is 1. The van der Waals surface area contributed by atoms with Gasteiger partial charge in [-0.15, -0.1) is 0 Å². The van der Waals surface area contributed by atoms with Crippen molar-refractivity contribution in [2.45, 2.75) is 40.3 Å². The van der Waals surface area contributed by atoms with Crippen LogP contribution in [-0.4, -0.2) is 37.7 Å². The lowest BCUT2D eigenvalue weighted by Crippen LogP contribution is -2.44. The maximum Gasteiger partial charge on any atom is 0.268 e. The second-order valence-corrected chi connectivity index (χ2v) is 8.92. The van der Waals surface area contributed by atoms with Gasteiger partial charge in [0.15, 0.2) is 17.6 Å². The summed E-state index contributed by atoms with van der Waals surface area (Å²) >= 11 is 6.37. The fourth-order valence-electron chi connectivity index (χ4n) is 4.17. The third kappa shape index (κ3) is 5.81. The SMILES string of the molecule is CCOc1cc(C(=O)Nc2ccc3c(c2)N(Cc2ccccc2Cl)C(=O)C(C)O3)cc(OCC)c1OCC. The van der Waals surface area contributed by atoms with Crippen LogP contribution in [0.25, 0.3) is 0 Å². The van der Waals surface area contributed by atoms with E-state index in [0.717, 1.165) is 5.56 Å². The number of hydrogen-bond donors (Lipinski definition) is 1. The smallest absolute Gasteiger partial charge is 0.268 e. The first-order chi connectivity index (χ1) is 18.4. The number of anilines is 2. The van der Waals surface area contributed by atoms with E-state index in [0.29, 0.717) is 64.8 Å². The third-order valence-corrected chi connectivity index (χ3v) is 6.25. The van der Waals surface area contributed by atoms with Crippen LogP contribution in [0.15, 0.2) is 54.6 Å². The molecule has 1 aliphatic heterocycles. The first kappa shape index (κ1) is 27.1. The van der Waals surface area contributed by atoms with Crippen LogP contribution in [-0.2, 0) is 11.3 Å². The number of benzene rings is 3. The summed E-state index contributed by atoms with van der Waals surface area (Å²) in [5.74, 6) is 1.28. The van der Waals surface area contributed by atoms with Crippen LogP contribution >= 0.6 is 11.6 Å². The second-order valence-electron chi connectivity index (χ2n) is 8.51. The molecule has 9 heteroatoms. The summed E-state index contributed by atoms with van der Waals surface area (Å²) < 4.78 is 23.0. The molecule has 1 unspecified atom stereocenters. The predicted molar refractivity (Wildman–Crippen MR) is 147 cm³/mol. The van der Waals surface area contributed by atoms with Gasteiger partial charge in [0, 0.05) is 16.3 Å². The van der Waals surface area contributed by atoms with Crippen LogP contribution in [0.1, 0.15) is 43.6 Å². The number of halogens is 1. The van der Waals surface area contributed by atoms with Gasteiger partial charge in [-0.2, -0.15) is 0 Å². The molecular formula is C29H31ClN2O6. The molecule has 0 spiro atoms. The Balaban J connectivity index is 1.65. The van der Waals surface area contributed by atoms with Crippen molar-refractivity contribution in [2.75, 3.05) is 30.0 Å². The Morgan fingerprint density at radius 2 is 1.63 bits per heavy atom. The first-order valence-electron chi connectivity index (χ1n) is 12.6. The van der Waals surface area contributed by atoms with Crippen molar-refractivity contribution in [3.63, 3.8) is 0 Å². The normalized spacial score (nSPS) is 14.4. The molecule has 2 amide bonds. The molecular weight excluding hydrogens is 508 g/mol. The summed E-state index contributed by atoms with van der Waals surface area (Å²) in [6.45, 7) is 8.77. The second kappa shape index (κ2) is 12.1. The number of hydrogen-bond acceptors (Lipinski definition) is 6. The van der Waals surface area contributed by atoms with Crippen molar-refractivity contribution in [3.8, 4) is 23.0 Å². The van der Waals surface area contributed by atoms with E-state index in [-0.39, 0.29) is 18.4 Å². The lowest BCUT2D eigenvalue weighted by Gasteiger charge is -2.33. The van der Waals surface area contributed by atoms with Gasteiger partial charge in [0.05, 0.1) is 32.1 Å². The number of amides is 2. The Morgan fingerprint density at radius 1 is 0.974 bits per heavy atom. The molecule has 8 nitrogen and oxygen atoms in total. The Hall–Kier alpha value is -3.91. The van der Waals surface area contributed by atoms with Crippen molar-refractivity contribution in [1.29, 1.82) is 0 Å². The largest absolute Gasteiger partial charge is 0.490 e. The van der Waals surface area contributed by atoms with Crippen LogP contribution in [0.2, 0.25) is 5.02 Å². The van der Waals surface area contributed by atoms with Gasteiger partial charge in [-0.1, -0.05) is 29.8 Å². The van der Waals surface area contributed by atoms with E-state index in [1.54, 1.807) is 48.2 Å². The number of carbonyl (C=O) groups is 2. The molecule has 0 fully saturated rings. The lowest BCUT2D eigenvalue weighted by molar-refractivity contribution is -0.125. The van der Waals surface area contributed by atoms with Crippen molar-refractivity contribution in [2.24, 2.45) is 0 Å². The quantitative estimate of drug-likeness (QED) is 0.335. The summed E-state index contributed by atoms with van der Waals surface area (Å²) in [6, 6.07) is 15.8. The molecule has 0 bridgehead atoms. The van der Waals surface area contributed by atoms with E-state index >= 15 is 0 Å². The van der Waals surface area contributed by atoms with Crippen molar-refractivity contribution < 1.29 is 28.5 Å². The highest BCUT2D eigenvalue weighted by atomic mass is 35.5. The van der Waals surface area contributed by atoms with Gasteiger partial charge < -0.3 is 29.2 Å². The first-order valence-corrected chi connectivity index (χ1v) is 13.0. The molecule has 38 heavy (non-hydrogen) atoms. The van der Waals surface area contributed by atoms with Crippen LogP contribution in [0.5, 0.6) is 23.0 Å². The maximum absolute atomic E-state index is 13.3. The molecule has 0 radical (unpaired) electrons. The minimum atomic E-state index is -0.650. The highest BCUT2D eigenvalue weighted by molar-refractivity contribution is 6.31. The van der Waals surface area contributed by atoms with Gasteiger partial charge in [0.1, 0.15) is 5.75 Å². The zero-order valence-corrected chi connectivity index (χ0v) is 22.6. The fraction of sp³-hybridized carbons (Fsp3) is 0.310. The molecule has 4 rings (SSSR count). The van der Waals surface area contributed by atoms with Crippen LogP contribution in [0.3, 0.4) is 0 Å². The van der Waals surface area contributed by atoms with Crippen LogP contribution < -0.4 is 29.2 Å². The average molecular weight is 539 g/mol. The molecule has 0 saturated carbocycles. The lowest BCUT2D eigenvalue weighted by atomic mass is 10.1. The van der Waals surface area contributed by atoms with Crippen LogP contribution in [0, 0.1) is 0 Å². The summed E-state index contributed by atoms with van der Waals surface area (Å²) in [4.78, 5) is 28.0. The Labute approximate surface area is 227 Å². The molecule has 0 aromatic heterocycles. The predicted octanol–water partition coefficient (Wildman–Crippen LogP) is 6.10. The van der Waals surface area contributed by atoms with E-state index in [9.17, 15) is 9.59 Å². The summed E-state index contributed by atoms with van der Waals surface area (Å²) in [7, 11) is 0. The number of fused-ring (bicyclic) bond motifs is 1. The maximum atomic E-state index is 13.3. The third-order valence-electron chi connectivity index (χ3n) is 5.88. The number of rotatable bonds is 10. The summed E-state index contributed by atoms with van der Waals surface area (Å²) in [6.07, 6.45) is -0.650. The molecule has 3 aromatic rings. The molecule has 1 heterocycles. The zero-order chi connectivity index (χ0) is 27.2. The van der Waals surface area contributed by atoms with Gasteiger partial charge in [-0.3, -0.25) is 9.59 Å². The van der Waals surface area contributed by atoms with E-state index in [4.69, 9.17) is 30.5 Å². The minimum Gasteiger partial charge on any atom is -0.490 e. The highest BCUT2D eigenvalue weighted by Gasteiger charge is 2.32. The van der Waals surface area contributed by atoms with Gasteiger partial charge >= 0.3 is 0 Å². The molecule has 0 saturated heterocycles. The van der Waals surface area contributed by atoms with Crippen LogP contribution in [0.4, 0.5) is 11.4 Å². The average Bonchev–Trinajstić information content (AvgIpc) is 2.90. The molecule has 1 aliphatic rings. The molecule has 3 aromatic carbocycles. The zero-order valence-electron chi connectivity index (χ0n) is 21.9. The van der Waals surface area contributed by atoms with Crippen molar-refractivity contribution >= 4 is 34.8 Å². The van der Waals surface area contributed by atoms with Gasteiger partial charge in [0.25, 0.3) is 11.8 Å². The molecule has 1 N–H and O–H groups in total. The Bertz CT molecular complexity index is 1300. The Morgan fingerprint density at radius 3 is 2.26 bits per heavy atom. The fourth-order valence-corrected chi connectivity index (χ4v) is 4.36. The minimum absolute atomic E-state index is 0.199. The Kier molecular flexibility index (Phi) is 8.63. The monoisotopic (exact) mass is 538 g/mol. The summed E-state index contributed by atoms with van der Waals surface area (Å²) in [5, 5.41) is 3.48. The standard InChI is InChI=1S/C29H31ClN2O6/c1-5-35-25-14-20(15-26(36-6-2)27(25)37-7-3)28(33)31-21-12-13-24-23(16-21)32(29(34)18(4)38-24)17-19-10-8-9-11-22(19)30/h8-16,18H,5-7,17H2,1-4H3,(H,31,33). The number of carbonyl (C=O) groups excluding carboxylic acids is 2. The highest BCUT2D eigenvalue weighted by Crippen LogP contribution is 2.40. The molecule has 1 atom stereocenters. The van der Waals surface area contributed by atoms with Gasteiger partial charge in [-0.25, -0.2) is 0 Å². The van der Waals surface area contributed by atoms with E-state index in [1.165, 1.54) is 0 Å². The van der Waals surface area contributed by atoms with Crippen molar-refractivity contribution in [1.82, 2.24) is 0 Å². The van der Waals surface area contributed by atoms with E-state index < -0.39 is 6.10 Å². The number of nitrogens with zero attached hydrogens (tertiary/aromatic N) is 1. The molecule has 0 aliphatic carbocycles. The number of ether oxygens (including phenoxy) is 4. The topological polar surface area (TPSA) is 86.3 Å². The van der Waals surface area contributed by atoms with E-state index in [1.807, 2.05) is 39.0 Å². The van der Waals surface area contributed by atoms with E-state index in [2.05, 4.69) is 5.32 Å².